The van der Waals surface area contributed by atoms with E-state index >= 15 is 0 Å². The Morgan fingerprint density at radius 1 is 1.38 bits per heavy atom. The molecule has 4 rings (SSSR count). The molecule has 0 atom stereocenters. The van der Waals surface area contributed by atoms with Crippen LogP contribution in [0, 0.1) is 0 Å². The number of sulfonamides is 1. The van der Waals surface area contributed by atoms with Gasteiger partial charge in [-0.15, -0.1) is 11.3 Å². The van der Waals surface area contributed by atoms with E-state index in [0.29, 0.717) is 19.4 Å². The Morgan fingerprint density at radius 3 is 3.04 bits per heavy atom. The zero-order valence-electron chi connectivity index (χ0n) is 14.0. The summed E-state index contributed by atoms with van der Waals surface area (Å²) in [6, 6.07) is 4.90. The molecule has 0 unspecified atom stereocenters. The number of hydrogen-bond donors (Lipinski definition) is 1. The number of nitrogens with zero attached hydrogens (tertiary/aromatic N) is 4. The second kappa shape index (κ2) is 6.45. The number of anilines is 1. The van der Waals surface area contributed by atoms with Crippen molar-refractivity contribution in [1.29, 1.82) is 0 Å². The van der Waals surface area contributed by atoms with Crippen LogP contribution in [0.25, 0.3) is 4.96 Å². The van der Waals surface area contributed by atoms with Gasteiger partial charge in [-0.3, -0.25) is 4.79 Å². The summed E-state index contributed by atoms with van der Waals surface area (Å²) < 4.78 is 29.5. The number of amides is 1. The van der Waals surface area contributed by atoms with Gasteiger partial charge >= 0.3 is 0 Å². The number of nitrogens with one attached hydrogen (secondary N) is 1. The lowest BCUT2D eigenvalue weighted by molar-refractivity contribution is -0.116. The van der Waals surface area contributed by atoms with Crippen LogP contribution in [0.1, 0.15) is 18.2 Å². The van der Waals surface area contributed by atoms with E-state index in [0.717, 1.165) is 21.9 Å². The van der Waals surface area contributed by atoms with Crippen LogP contribution in [0.4, 0.5) is 5.69 Å². The average Bonchev–Trinajstić information content (AvgIpc) is 3.30. The molecule has 3 aromatic rings. The highest BCUT2D eigenvalue weighted by molar-refractivity contribution is 7.89. The van der Waals surface area contributed by atoms with E-state index in [9.17, 15) is 13.2 Å². The summed E-state index contributed by atoms with van der Waals surface area (Å²) in [6.45, 7) is 2.37. The van der Waals surface area contributed by atoms with Crippen molar-refractivity contribution in [3.8, 4) is 0 Å². The summed E-state index contributed by atoms with van der Waals surface area (Å²) in [5, 5.41) is 6.05. The van der Waals surface area contributed by atoms with E-state index in [2.05, 4.69) is 14.8 Å². The van der Waals surface area contributed by atoms with Crippen molar-refractivity contribution in [2.24, 2.45) is 0 Å². The number of thiazole rings is 1. The number of hydrogen-bond acceptors (Lipinski definition) is 6. The van der Waals surface area contributed by atoms with Crippen LogP contribution < -0.4 is 9.62 Å². The van der Waals surface area contributed by atoms with Crippen molar-refractivity contribution < 1.29 is 13.2 Å². The minimum atomic E-state index is -3.61. The molecule has 10 heteroatoms. The van der Waals surface area contributed by atoms with Gasteiger partial charge < -0.3 is 4.90 Å². The van der Waals surface area contributed by atoms with Crippen LogP contribution >= 0.6 is 11.3 Å². The average molecular weight is 391 g/mol. The van der Waals surface area contributed by atoms with E-state index in [-0.39, 0.29) is 17.3 Å². The summed E-state index contributed by atoms with van der Waals surface area (Å²) in [4.78, 5) is 18.4. The van der Waals surface area contributed by atoms with Crippen LogP contribution in [0.3, 0.4) is 0 Å². The lowest BCUT2D eigenvalue weighted by Gasteiger charge is -2.15. The van der Waals surface area contributed by atoms with Crippen molar-refractivity contribution in [3.63, 3.8) is 0 Å². The fourth-order valence-electron chi connectivity index (χ4n) is 3.11. The van der Waals surface area contributed by atoms with Gasteiger partial charge in [0.05, 0.1) is 10.6 Å². The number of carbonyl (C=O) groups is 1. The topological polar surface area (TPSA) is 96.7 Å². The second-order valence-electron chi connectivity index (χ2n) is 6.04. The second-order valence-corrected chi connectivity index (χ2v) is 8.64. The Labute approximate surface area is 154 Å². The van der Waals surface area contributed by atoms with Gasteiger partial charge in [0.15, 0.2) is 0 Å². The van der Waals surface area contributed by atoms with Crippen molar-refractivity contribution in [2.45, 2.75) is 24.7 Å². The van der Waals surface area contributed by atoms with Crippen LogP contribution in [0.15, 0.2) is 34.8 Å². The maximum Gasteiger partial charge on any atom is 0.240 e. The molecule has 1 aliphatic rings. The molecule has 1 N–H and O–H groups in total. The molecule has 136 valence electrons. The molecule has 0 fully saturated rings. The lowest BCUT2D eigenvalue weighted by Crippen LogP contribution is -2.27. The quantitative estimate of drug-likeness (QED) is 0.705. The molecular weight excluding hydrogens is 374 g/mol. The van der Waals surface area contributed by atoms with E-state index in [1.165, 1.54) is 24.6 Å². The van der Waals surface area contributed by atoms with Crippen LogP contribution in [0.5, 0.6) is 0 Å². The predicted octanol–water partition coefficient (Wildman–Crippen LogP) is 1.22. The third-order valence-corrected chi connectivity index (χ3v) is 6.74. The first-order chi connectivity index (χ1) is 12.5. The van der Waals surface area contributed by atoms with Crippen molar-refractivity contribution in [3.05, 3.63) is 41.2 Å². The number of carbonyl (C=O) groups excluding carboxylic acids is 1. The van der Waals surface area contributed by atoms with Crippen molar-refractivity contribution >= 4 is 37.9 Å². The number of rotatable bonds is 5. The maximum absolute atomic E-state index is 12.6. The van der Waals surface area contributed by atoms with E-state index in [1.807, 2.05) is 5.38 Å². The van der Waals surface area contributed by atoms with Gasteiger partial charge in [0.1, 0.15) is 6.33 Å². The summed E-state index contributed by atoms with van der Waals surface area (Å²) in [5.74, 6) is -0.0346. The Balaban J connectivity index is 1.47. The lowest BCUT2D eigenvalue weighted by atomic mass is 10.2. The largest absolute Gasteiger partial charge is 0.312 e. The van der Waals surface area contributed by atoms with Gasteiger partial charge in [-0.25, -0.2) is 22.6 Å². The Hall–Kier alpha value is -2.30. The molecule has 0 spiro atoms. The van der Waals surface area contributed by atoms with Crippen molar-refractivity contribution in [2.75, 3.05) is 18.0 Å². The van der Waals surface area contributed by atoms with Gasteiger partial charge in [0.25, 0.3) is 0 Å². The van der Waals surface area contributed by atoms with Crippen LogP contribution in [-0.2, 0) is 27.7 Å². The molecule has 8 nitrogen and oxygen atoms in total. The standard InChI is InChI=1S/C16H17N5O3S2/c1-11(22)20-7-5-12-8-14(2-3-15(12)20)26(23,24)19-6-4-13-9-25-16-17-10-18-21(13)16/h2-3,8-10,19H,4-7H2,1H3. The third-order valence-electron chi connectivity index (χ3n) is 4.40. The molecule has 2 aromatic heterocycles. The predicted molar refractivity (Wildman–Crippen MR) is 97.9 cm³/mol. The summed E-state index contributed by atoms with van der Waals surface area (Å²) >= 11 is 1.47. The monoisotopic (exact) mass is 391 g/mol. The minimum Gasteiger partial charge on any atom is -0.312 e. The Bertz CT molecular complexity index is 1090. The molecular formula is C16H17N5O3S2. The van der Waals surface area contributed by atoms with Gasteiger partial charge in [-0.2, -0.15) is 5.10 Å². The smallest absolute Gasteiger partial charge is 0.240 e. The molecule has 1 amide bonds. The fraction of sp³-hybridized carbons (Fsp3) is 0.312. The molecule has 0 radical (unpaired) electrons. The molecule has 0 aliphatic carbocycles. The van der Waals surface area contributed by atoms with E-state index < -0.39 is 10.0 Å². The zero-order valence-corrected chi connectivity index (χ0v) is 15.7. The SMILES string of the molecule is CC(=O)N1CCc2cc(S(=O)(=O)NCCc3csc4ncnn34)ccc21. The third kappa shape index (κ3) is 3.00. The first-order valence-electron chi connectivity index (χ1n) is 8.12. The number of aromatic nitrogens is 3. The Morgan fingerprint density at radius 2 is 2.23 bits per heavy atom. The molecule has 26 heavy (non-hydrogen) atoms. The van der Waals surface area contributed by atoms with Gasteiger partial charge in [0.2, 0.25) is 20.9 Å². The van der Waals surface area contributed by atoms with Crippen molar-refractivity contribution in [1.82, 2.24) is 19.3 Å². The zero-order chi connectivity index (χ0) is 18.3. The summed E-state index contributed by atoms with van der Waals surface area (Å²) in [6.07, 6.45) is 2.66. The first-order valence-corrected chi connectivity index (χ1v) is 10.5. The maximum atomic E-state index is 12.6. The Kier molecular flexibility index (Phi) is 4.25. The highest BCUT2D eigenvalue weighted by Crippen LogP contribution is 2.30. The molecule has 3 heterocycles. The molecule has 1 aromatic carbocycles. The van der Waals surface area contributed by atoms with Gasteiger partial charge in [-0.05, 0) is 30.2 Å². The summed E-state index contributed by atoms with van der Waals surface area (Å²) in [7, 11) is -3.61. The molecule has 0 saturated carbocycles. The van der Waals surface area contributed by atoms with Gasteiger partial charge in [-0.1, -0.05) is 0 Å². The van der Waals surface area contributed by atoms with E-state index in [4.69, 9.17) is 0 Å². The highest BCUT2D eigenvalue weighted by atomic mass is 32.2. The molecule has 0 saturated heterocycles. The fourth-order valence-corrected chi connectivity index (χ4v) is 5.03. The highest BCUT2D eigenvalue weighted by Gasteiger charge is 2.24. The van der Waals surface area contributed by atoms with Crippen LogP contribution in [0.2, 0.25) is 0 Å². The normalized spacial score (nSPS) is 14.1. The minimum absolute atomic E-state index is 0.0346. The summed E-state index contributed by atoms with van der Waals surface area (Å²) in [5.41, 5.74) is 2.59. The number of fused-ring (bicyclic) bond motifs is 2. The molecule has 0 bridgehead atoms. The first kappa shape index (κ1) is 17.1. The molecule has 1 aliphatic heterocycles. The van der Waals surface area contributed by atoms with Gasteiger partial charge in [0, 0.05) is 37.5 Å². The van der Waals surface area contributed by atoms with Crippen LogP contribution in [-0.4, -0.2) is 42.0 Å². The van der Waals surface area contributed by atoms with E-state index in [1.54, 1.807) is 27.6 Å². The number of benzene rings is 1.